The molecule has 0 radical (unpaired) electrons. The number of rotatable bonds is 6. The summed E-state index contributed by atoms with van der Waals surface area (Å²) in [6.07, 6.45) is 1.59. The van der Waals surface area contributed by atoms with Crippen LogP contribution in [-0.2, 0) is 6.61 Å². The molecule has 0 amide bonds. The smallest absolute Gasteiger partial charge is 0.358 e. The number of pyridine rings is 2. The molecule has 2 heterocycles. The Hall–Kier alpha value is -3.93. The maximum Gasteiger partial charge on any atom is 0.358 e. The number of aromatic carboxylic acids is 1. The predicted octanol–water partition coefficient (Wildman–Crippen LogP) is 5.20. The summed E-state index contributed by atoms with van der Waals surface area (Å²) in [5.74, 6) is -0.115. The molecule has 0 unspecified atom stereocenters. The first-order valence-electron chi connectivity index (χ1n) is 9.82. The van der Waals surface area contributed by atoms with Crippen molar-refractivity contribution in [2.75, 3.05) is 7.11 Å². The molecule has 6 nitrogen and oxygen atoms in total. The quantitative estimate of drug-likeness (QED) is 0.467. The minimum Gasteiger partial charge on any atom is -0.497 e. The van der Waals surface area contributed by atoms with E-state index in [9.17, 15) is 9.90 Å². The van der Waals surface area contributed by atoms with E-state index in [1.807, 2.05) is 68.4 Å². The fraction of sp³-hybridized carbons (Fsp3) is 0.160. The number of ether oxygens (including phenoxy) is 2. The van der Waals surface area contributed by atoms with E-state index in [-0.39, 0.29) is 18.1 Å². The van der Waals surface area contributed by atoms with Crippen molar-refractivity contribution in [2.24, 2.45) is 0 Å². The molecule has 1 N–H and O–H groups in total. The number of methoxy groups -OCH3 is 1. The van der Waals surface area contributed by atoms with Gasteiger partial charge in [-0.05, 0) is 55.3 Å². The zero-order chi connectivity index (χ0) is 22.0. The van der Waals surface area contributed by atoms with Crippen molar-refractivity contribution in [3.8, 4) is 22.6 Å². The molecule has 31 heavy (non-hydrogen) atoms. The van der Waals surface area contributed by atoms with Crippen molar-refractivity contribution in [1.29, 1.82) is 0 Å². The van der Waals surface area contributed by atoms with Gasteiger partial charge in [0.2, 0.25) is 0 Å². The monoisotopic (exact) mass is 414 g/mol. The van der Waals surface area contributed by atoms with Gasteiger partial charge in [0.05, 0.1) is 12.6 Å². The Labute approximate surface area is 180 Å². The molecule has 0 atom stereocenters. The topological polar surface area (TPSA) is 81.5 Å². The maximum absolute atomic E-state index is 11.8. The lowest BCUT2D eigenvalue weighted by Gasteiger charge is -2.15. The first-order valence-corrected chi connectivity index (χ1v) is 9.82. The fourth-order valence-corrected chi connectivity index (χ4v) is 3.48. The molecule has 0 bridgehead atoms. The summed E-state index contributed by atoms with van der Waals surface area (Å²) >= 11 is 0. The molecular weight excluding hydrogens is 392 g/mol. The first-order chi connectivity index (χ1) is 15.0. The average molecular weight is 414 g/mol. The number of aromatic nitrogens is 2. The summed E-state index contributed by atoms with van der Waals surface area (Å²) < 4.78 is 11.1. The summed E-state index contributed by atoms with van der Waals surface area (Å²) in [6, 6.07) is 17.4. The van der Waals surface area contributed by atoms with Gasteiger partial charge in [-0.3, -0.25) is 4.98 Å². The summed E-state index contributed by atoms with van der Waals surface area (Å²) in [7, 11) is 1.61. The number of carboxylic acids is 1. The molecule has 4 aromatic rings. The average Bonchev–Trinajstić information content (AvgIpc) is 2.78. The molecule has 0 saturated heterocycles. The van der Waals surface area contributed by atoms with Crippen LogP contribution in [0.3, 0.4) is 0 Å². The Kier molecular flexibility index (Phi) is 5.54. The van der Waals surface area contributed by atoms with E-state index in [0.29, 0.717) is 0 Å². The maximum atomic E-state index is 11.8. The number of carbonyl (C=O) groups is 1. The molecule has 0 fully saturated rings. The van der Waals surface area contributed by atoms with Crippen LogP contribution in [0, 0.1) is 13.8 Å². The van der Waals surface area contributed by atoms with E-state index in [1.54, 1.807) is 13.3 Å². The minimum atomic E-state index is -1.13. The second kappa shape index (κ2) is 8.44. The van der Waals surface area contributed by atoms with Gasteiger partial charge in [-0.25, -0.2) is 9.78 Å². The van der Waals surface area contributed by atoms with Crippen LogP contribution in [0.1, 0.15) is 27.3 Å². The van der Waals surface area contributed by atoms with Gasteiger partial charge in [-0.15, -0.1) is 0 Å². The summed E-state index contributed by atoms with van der Waals surface area (Å²) in [4.78, 5) is 20.5. The zero-order valence-corrected chi connectivity index (χ0v) is 17.5. The van der Waals surface area contributed by atoms with Gasteiger partial charge in [-0.1, -0.05) is 24.3 Å². The Morgan fingerprint density at radius 2 is 1.81 bits per heavy atom. The van der Waals surface area contributed by atoms with E-state index in [0.717, 1.165) is 44.6 Å². The van der Waals surface area contributed by atoms with Crippen LogP contribution < -0.4 is 9.47 Å². The molecule has 0 spiro atoms. The van der Waals surface area contributed by atoms with Crippen molar-refractivity contribution in [3.63, 3.8) is 0 Å². The van der Waals surface area contributed by atoms with Crippen LogP contribution in [0.2, 0.25) is 0 Å². The van der Waals surface area contributed by atoms with Crippen LogP contribution in [0.4, 0.5) is 0 Å². The van der Waals surface area contributed by atoms with Gasteiger partial charge in [0.25, 0.3) is 0 Å². The standard InChI is InChI=1S/C25H22N2O4/c1-15-4-7-19-12-18(8-11-22(19)27-15)21-13-26-23(25(28)29)24(16(21)2)31-14-17-5-9-20(30-3)10-6-17/h4-13H,14H2,1-3H3,(H,28,29). The molecule has 4 rings (SSSR count). The third-order valence-electron chi connectivity index (χ3n) is 5.17. The normalized spacial score (nSPS) is 10.8. The number of benzene rings is 2. The highest BCUT2D eigenvalue weighted by molar-refractivity contribution is 5.91. The highest BCUT2D eigenvalue weighted by Gasteiger charge is 2.19. The van der Waals surface area contributed by atoms with Crippen LogP contribution in [0.15, 0.2) is 60.8 Å². The number of aryl methyl sites for hydroxylation is 1. The Bertz CT molecular complexity index is 1270. The number of carboxylic acid groups (broad SMARTS) is 1. The second-order valence-corrected chi connectivity index (χ2v) is 7.28. The molecule has 2 aromatic carbocycles. The van der Waals surface area contributed by atoms with Crippen LogP contribution >= 0.6 is 0 Å². The highest BCUT2D eigenvalue weighted by atomic mass is 16.5. The molecule has 156 valence electrons. The van der Waals surface area contributed by atoms with Gasteiger partial charge in [-0.2, -0.15) is 0 Å². The highest BCUT2D eigenvalue weighted by Crippen LogP contribution is 2.33. The number of hydrogen-bond acceptors (Lipinski definition) is 5. The third-order valence-corrected chi connectivity index (χ3v) is 5.17. The minimum absolute atomic E-state index is 0.104. The third kappa shape index (κ3) is 4.19. The first kappa shape index (κ1) is 20.3. The van der Waals surface area contributed by atoms with E-state index >= 15 is 0 Å². The lowest BCUT2D eigenvalue weighted by Crippen LogP contribution is -2.08. The summed E-state index contributed by atoms with van der Waals surface area (Å²) in [5.41, 5.74) is 5.12. The molecule has 2 aromatic heterocycles. The van der Waals surface area contributed by atoms with Gasteiger partial charge in [0.15, 0.2) is 11.4 Å². The predicted molar refractivity (Wildman–Crippen MR) is 119 cm³/mol. The van der Waals surface area contributed by atoms with Crippen molar-refractivity contribution in [1.82, 2.24) is 9.97 Å². The van der Waals surface area contributed by atoms with Crippen LogP contribution in [0.25, 0.3) is 22.0 Å². The number of nitrogens with zero attached hydrogens (tertiary/aromatic N) is 2. The van der Waals surface area contributed by atoms with Gasteiger partial charge < -0.3 is 14.6 Å². The summed E-state index contributed by atoms with van der Waals surface area (Å²) in [6.45, 7) is 4.03. The van der Waals surface area contributed by atoms with E-state index < -0.39 is 5.97 Å². The molecule has 0 saturated carbocycles. The van der Waals surface area contributed by atoms with Crippen LogP contribution in [0.5, 0.6) is 11.5 Å². The van der Waals surface area contributed by atoms with Gasteiger partial charge in [0, 0.05) is 28.4 Å². The van der Waals surface area contributed by atoms with Crippen LogP contribution in [-0.4, -0.2) is 28.2 Å². The van der Waals surface area contributed by atoms with Crippen molar-refractivity contribution >= 4 is 16.9 Å². The number of fused-ring (bicyclic) bond motifs is 1. The Balaban J connectivity index is 1.71. The Morgan fingerprint density at radius 3 is 2.52 bits per heavy atom. The van der Waals surface area contributed by atoms with E-state index in [4.69, 9.17) is 9.47 Å². The second-order valence-electron chi connectivity index (χ2n) is 7.28. The molecule has 0 aliphatic heterocycles. The SMILES string of the molecule is COc1ccc(COc2c(C(=O)O)ncc(-c3ccc4nc(C)ccc4c3)c2C)cc1. The molecule has 0 aliphatic rings. The fourth-order valence-electron chi connectivity index (χ4n) is 3.48. The van der Waals surface area contributed by atoms with E-state index in [1.165, 1.54) is 0 Å². The largest absolute Gasteiger partial charge is 0.497 e. The van der Waals surface area contributed by atoms with Gasteiger partial charge in [0.1, 0.15) is 12.4 Å². The lowest BCUT2D eigenvalue weighted by atomic mass is 9.99. The lowest BCUT2D eigenvalue weighted by molar-refractivity contribution is 0.0684. The Morgan fingerprint density at radius 1 is 1.03 bits per heavy atom. The zero-order valence-electron chi connectivity index (χ0n) is 17.5. The van der Waals surface area contributed by atoms with Crippen molar-refractivity contribution < 1.29 is 19.4 Å². The number of hydrogen-bond donors (Lipinski definition) is 1. The molecule has 0 aliphatic carbocycles. The summed E-state index contributed by atoms with van der Waals surface area (Å²) in [5, 5.41) is 10.6. The van der Waals surface area contributed by atoms with Crippen molar-refractivity contribution in [3.05, 3.63) is 83.3 Å². The van der Waals surface area contributed by atoms with Gasteiger partial charge >= 0.3 is 5.97 Å². The van der Waals surface area contributed by atoms with Crippen molar-refractivity contribution in [2.45, 2.75) is 20.5 Å². The van der Waals surface area contributed by atoms with E-state index in [2.05, 4.69) is 9.97 Å². The molecular formula is C25H22N2O4. The molecule has 6 heteroatoms.